The van der Waals surface area contributed by atoms with Gasteiger partial charge in [-0.3, -0.25) is 0 Å². The van der Waals surface area contributed by atoms with Crippen LogP contribution in [-0.2, 0) is 9.53 Å². The molecular formula is C19H18O2S. The van der Waals surface area contributed by atoms with E-state index in [0.29, 0.717) is 12.4 Å². The molecule has 0 saturated carbocycles. The van der Waals surface area contributed by atoms with Crippen LogP contribution in [0.5, 0.6) is 0 Å². The van der Waals surface area contributed by atoms with E-state index < -0.39 is 0 Å². The summed E-state index contributed by atoms with van der Waals surface area (Å²) < 4.78 is 5.10. The van der Waals surface area contributed by atoms with Crippen LogP contribution >= 0.6 is 11.8 Å². The number of benzene rings is 2. The molecule has 1 aliphatic heterocycles. The average Bonchev–Trinajstić information content (AvgIpc) is 2.55. The summed E-state index contributed by atoms with van der Waals surface area (Å²) in [4.78, 5) is 13.1. The van der Waals surface area contributed by atoms with Crippen LogP contribution in [0.2, 0.25) is 0 Å². The lowest BCUT2D eigenvalue weighted by molar-refractivity contribution is -0.138. The summed E-state index contributed by atoms with van der Waals surface area (Å²) in [6.45, 7) is 4.33. The minimum Gasteiger partial charge on any atom is -0.463 e. The van der Waals surface area contributed by atoms with Gasteiger partial charge in [0.05, 0.1) is 6.61 Å². The quantitative estimate of drug-likeness (QED) is 0.768. The standard InChI is InChI=1S/C19H18O2S/c1-3-21-19(20)17-11-16-10-15(8-9-18(16)22-12-17)14-6-4-13(2)5-7-14/h4-11H,3,12H2,1-2H3. The minimum atomic E-state index is -0.207. The Morgan fingerprint density at radius 3 is 2.59 bits per heavy atom. The van der Waals surface area contributed by atoms with Crippen molar-refractivity contribution >= 4 is 23.8 Å². The maximum absolute atomic E-state index is 11.9. The van der Waals surface area contributed by atoms with Crippen molar-refractivity contribution in [2.24, 2.45) is 0 Å². The summed E-state index contributed by atoms with van der Waals surface area (Å²) in [7, 11) is 0. The molecule has 0 aliphatic carbocycles. The number of esters is 1. The van der Waals surface area contributed by atoms with Gasteiger partial charge in [0, 0.05) is 16.2 Å². The topological polar surface area (TPSA) is 26.3 Å². The van der Waals surface area contributed by atoms with Gasteiger partial charge in [-0.1, -0.05) is 35.9 Å². The lowest BCUT2D eigenvalue weighted by atomic mass is 10.0. The monoisotopic (exact) mass is 310 g/mol. The largest absolute Gasteiger partial charge is 0.463 e. The average molecular weight is 310 g/mol. The van der Waals surface area contributed by atoms with E-state index in [2.05, 4.69) is 49.4 Å². The third-order valence-electron chi connectivity index (χ3n) is 3.65. The first-order valence-corrected chi connectivity index (χ1v) is 8.37. The van der Waals surface area contributed by atoms with Crippen LogP contribution in [-0.4, -0.2) is 18.3 Å². The van der Waals surface area contributed by atoms with Crippen LogP contribution in [0.15, 0.2) is 52.9 Å². The molecule has 0 aromatic heterocycles. The van der Waals surface area contributed by atoms with Gasteiger partial charge in [0.1, 0.15) is 0 Å². The molecule has 2 aromatic rings. The molecule has 1 aliphatic rings. The van der Waals surface area contributed by atoms with Gasteiger partial charge < -0.3 is 4.74 Å². The number of aryl methyl sites for hydroxylation is 1. The first-order chi connectivity index (χ1) is 10.7. The highest BCUT2D eigenvalue weighted by Crippen LogP contribution is 2.35. The van der Waals surface area contributed by atoms with Crippen molar-refractivity contribution in [1.29, 1.82) is 0 Å². The second kappa shape index (κ2) is 6.41. The number of hydrogen-bond donors (Lipinski definition) is 0. The van der Waals surface area contributed by atoms with E-state index in [1.165, 1.54) is 21.6 Å². The Morgan fingerprint density at radius 2 is 1.86 bits per heavy atom. The van der Waals surface area contributed by atoms with Crippen LogP contribution in [0.4, 0.5) is 0 Å². The molecule has 0 spiro atoms. The Morgan fingerprint density at radius 1 is 1.14 bits per heavy atom. The van der Waals surface area contributed by atoms with E-state index in [9.17, 15) is 4.79 Å². The third-order valence-corrected chi connectivity index (χ3v) is 4.78. The molecule has 2 nitrogen and oxygen atoms in total. The van der Waals surface area contributed by atoms with Crippen molar-refractivity contribution in [3.05, 3.63) is 59.2 Å². The van der Waals surface area contributed by atoms with Crippen LogP contribution < -0.4 is 0 Å². The summed E-state index contributed by atoms with van der Waals surface area (Å²) >= 11 is 1.69. The Labute approximate surface area is 135 Å². The number of carbonyl (C=O) groups excluding carboxylic acids is 1. The molecule has 0 bridgehead atoms. The molecule has 0 radical (unpaired) electrons. The zero-order valence-corrected chi connectivity index (χ0v) is 13.6. The lowest BCUT2D eigenvalue weighted by Crippen LogP contribution is -2.11. The number of ether oxygens (including phenoxy) is 1. The van der Waals surface area contributed by atoms with Gasteiger partial charge in [-0.25, -0.2) is 4.79 Å². The molecule has 1 heterocycles. The first-order valence-electron chi connectivity index (χ1n) is 7.39. The summed E-state index contributed by atoms with van der Waals surface area (Å²) in [5.74, 6) is 0.469. The highest BCUT2D eigenvalue weighted by atomic mass is 32.2. The van der Waals surface area contributed by atoms with Crippen LogP contribution in [0.25, 0.3) is 17.2 Å². The van der Waals surface area contributed by atoms with E-state index in [1.807, 2.05) is 13.0 Å². The van der Waals surface area contributed by atoms with Gasteiger partial charge in [-0.15, -0.1) is 11.8 Å². The van der Waals surface area contributed by atoms with E-state index in [-0.39, 0.29) is 5.97 Å². The minimum absolute atomic E-state index is 0.207. The second-order valence-electron chi connectivity index (χ2n) is 5.30. The molecule has 2 aromatic carbocycles. The summed E-state index contributed by atoms with van der Waals surface area (Å²) in [5.41, 5.74) is 5.44. The second-order valence-corrected chi connectivity index (χ2v) is 6.31. The summed E-state index contributed by atoms with van der Waals surface area (Å²) in [6, 6.07) is 14.9. The van der Waals surface area contributed by atoms with Gasteiger partial charge in [0.25, 0.3) is 0 Å². The molecule has 0 atom stereocenters. The van der Waals surface area contributed by atoms with Crippen molar-refractivity contribution in [1.82, 2.24) is 0 Å². The van der Waals surface area contributed by atoms with Gasteiger partial charge >= 0.3 is 5.97 Å². The Hall–Kier alpha value is -2.00. The van der Waals surface area contributed by atoms with E-state index in [1.54, 1.807) is 11.8 Å². The Balaban J connectivity index is 1.95. The number of thioether (sulfide) groups is 1. The van der Waals surface area contributed by atoms with Crippen molar-refractivity contribution in [2.45, 2.75) is 18.7 Å². The maximum Gasteiger partial charge on any atom is 0.334 e. The zero-order valence-electron chi connectivity index (χ0n) is 12.8. The summed E-state index contributed by atoms with van der Waals surface area (Å²) in [6.07, 6.45) is 1.96. The molecule has 0 amide bonds. The smallest absolute Gasteiger partial charge is 0.334 e. The van der Waals surface area contributed by atoms with Gasteiger partial charge in [-0.2, -0.15) is 0 Å². The van der Waals surface area contributed by atoms with E-state index in [0.717, 1.165) is 11.1 Å². The van der Waals surface area contributed by atoms with E-state index in [4.69, 9.17) is 4.74 Å². The number of carbonyl (C=O) groups is 1. The lowest BCUT2D eigenvalue weighted by Gasteiger charge is -2.16. The van der Waals surface area contributed by atoms with Crippen LogP contribution in [0.1, 0.15) is 18.1 Å². The van der Waals surface area contributed by atoms with Gasteiger partial charge in [0.2, 0.25) is 0 Å². The maximum atomic E-state index is 11.9. The van der Waals surface area contributed by atoms with Crippen molar-refractivity contribution in [2.75, 3.05) is 12.4 Å². The molecule has 0 unspecified atom stereocenters. The molecule has 0 saturated heterocycles. The van der Waals surface area contributed by atoms with Crippen molar-refractivity contribution < 1.29 is 9.53 Å². The predicted octanol–water partition coefficient (Wildman–Crippen LogP) is 4.71. The molecule has 0 N–H and O–H groups in total. The third kappa shape index (κ3) is 3.09. The number of rotatable bonds is 3. The molecular weight excluding hydrogens is 292 g/mol. The summed E-state index contributed by atoms with van der Waals surface area (Å²) in [5, 5.41) is 0. The first kappa shape index (κ1) is 14.9. The highest BCUT2D eigenvalue weighted by molar-refractivity contribution is 7.99. The van der Waals surface area contributed by atoms with Crippen molar-refractivity contribution in [3.63, 3.8) is 0 Å². The normalized spacial score (nSPS) is 13.3. The Kier molecular flexibility index (Phi) is 4.34. The van der Waals surface area contributed by atoms with E-state index >= 15 is 0 Å². The zero-order chi connectivity index (χ0) is 15.5. The fourth-order valence-corrected chi connectivity index (χ4v) is 3.41. The van der Waals surface area contributed by atoms with Gasteiger partial charge in [-0.05, 0) is 48.7 Å². The number of hydrogen-bond acceptors (Lipinski definition) is 3. The van der Waals surface area contributed by atoms with Crippen molar-refractivity contribution in [3.8, 4) is 11.1 Å². The fourth-order valence-electron chi connectivity index (χ4n) is 2.44. The fraction of sp³-hybridized carbons (Fsp3) is 0.211. The van der Waals surface area contributed by atoms with Crippen LogP contribution in [0, 0.1) is 6.92 Å². The SMILES string of the molecule is CCOC(=O)C1=Cc2cc(-c3ccc(C)cc3)ccc2SC1. The molecule has 112 valence electrons. The molecule has 0 fully saturated rings. The Bertz CT molecular complexity index is 730. The molecule has 3 rings (SSSR count). The number of fused-ring (bicyclic) bond motifs is 1. The highest BCUT2D eigenvalue weighted by Gasteiger charge is 2.18. The molecule has 22 heavy (non-hydrogen) atoms. The van der Waals surface area contributed by atoms with Gasteiger partial charge in [0.15, 0.2) is 0 Å². The molecule has 3 heteroatoms. The predicted molar refractivity (Wildman–Crippen MR) is 91.9 cm³/mol. The van der Waals surface area contributed by atoms with Crippen LogP contribution in [0.3, 0.4) is 0 Å².